The van der Waals surface area contributed by atoms with Crippen LogP contribution in [0, 0.1) is 5.92 Å². The lowest BCUT2D eigenvalue weighted by Crippen LogP contribution is -2.13. The van der Waals surface area contributed by atoms with E-state index in [4.69, 9.17) is 5.11 Å². The summed E-state index contributed by atoms with van der Waals surface area (Å²) in [5.41, 5.74) is 0. The summed E-state index contributed by atoms with van der Waals surface area (Å²) in [4.78, 5) is 11.1. The van der Waals surface area contributed by atoms with Crippen molar-refractivity contribution in [2.75, 3.05) is 14.1 Å². The van der Waals surface area contributed by atoms with E-state index in [1.165, 1.54) is 83.5 Å². The Morgan fingerprint density at radius 2 is 1.00 bits per heavy atom. The number of nitrogens with one attached hydrogen (secondary N) is 1. The number of unbranched alkanes of at least 4 members (excludes halogenated alkanes) is 13. The van der Waals surface area contributed by atoms with Gasteiger partial charge in [-0.1, -0.05) is 110 Å². The first-order valence-corrected chi connectivity index (χ1v) is 11.4. The number of hydrogen-bond acceptors (Lipinski definition) is 2. The summed E-state index contributed by atoms with van der Waals surface area (Å²) in [7, 11) is 3.75. The van der Waals surface area contributed by atoms with Gasteiger partial charge >= 0.3 is 5.97 Å². The molecule has 2 N–H and O–H groups in total. The van der Waals surface area contributed by atoms with E-state index in [1.807, 2.05) is 14.1 Å². The lowest BCUT2D eigenvalue weighted by atomic mass is 9.96. The molecule has 0 aromatic heterocycles. The maximum Gasteiger partial charge on any atom is 0.306 e. The third kappa shape index (κ3) is 23.4. The average Bonchev–Trinajstić information content (AvgIpc) is 2.61. The van der Waals surface area contributed by atoms with E-state index in [1.54, 1.807) is 0 Å². The Balaban J connectivity index is 0. The van der Waals surface area contributed by atoms with Crippen LogP contribution in [0.4, 0.5) is 0 Å². The maximum absolute atomic E-state index is 11.1. The second-order valence-corrected chi connectivity index (χ2v) is 7.71. The molecule has 3 heteroatoms. The number of carboxylic acid groups (broad SMARTS) is 1. The SMILES string of the molecule is CCCCCCCCCCCCCCCCC(CCC)C(=O)O.CNC. The van der Waals surface area contributed by atoms with E-state index >= 15 is 0 Å². The van der Waals surface area contributed by atoms with Gasteiger partial charge in [0.2, 0.25) is 0 Å². The standard InChI is InChI=1S/C21H42O2.C2H7N/c1-3-5-6-7-8-9-10-11-12-13-14-15-16-17-19-20(18-4-2)21(22)23;1-3-2/h20H,3-19H2,1-2H3,(H,22,23);3H,1-2H3. The van der Waals surface area contributed by atoms with Gasteiger partial charge in [-0.3, -0.25) is 4.79 Å². The van der Waals surface area contributed by atoms with Crippen LogP contribution in [0.5, 0.6) is 0 Å². The topological polar surface area (TPSA) is 49.3 Å². The van der Waals surface area contributed by atoms with Gasteiger partial charge in [0.25, 0.3) is 0 Å². The van der Waals surface area contributed by atoms with Gasteiger partial charge in [-0.2, -0.15) is 0 Å². The molecule has 0 fully saturated rings. The summed E-state index contributed by atoms with van der Waals surface area (Å²) in [5, 5.41) is 11.9. The Kier molecular flexibility index (Phi) is 26.0. The Hall–Kier alpha value is -0.570. The smallest absolute Gasteiger partial charge is 0.306 e. The molecule has 158 valence electrons. The van der Waals surface area contributed by atoms with E-state index in [2.05, 4.69) is 19.2 Å². The Morgan fingerprint density at radius 3 is 1.31 bits per heavy atom. The molecule has 0 heterocycles. The van der Waals surface area contributed by atoms with Crippen molar-refractivity contribution in [3.8, 4) is 0 Å². The molecule has 0 aromatic carbocycles. The zero-order valence-electron chi connectivity index (χ0n) is 18.5. The third-order valence-electron chi connectivity index (χ3n) is 4.89. The number of carbonyl (C=O) groups is 1. The zero-order chi connectivity index (χ0) is 19.9. The summed E-state index contributed by atoms with van der Waals surface area (Å²) in [6.45, 7) is 4.34. The molecular weight excluding hydrogens is 322 g/mol. The van der Waals surface area contributed by atoms with Crippen molar-refractivity contribution in [3.05, 3.63) is 0 Å². The van der Waals surface area contributed by atoms with Crippen LogP contribution in [0.25, 0.3) is 0 Å². The van der Waals surface area contributed by atoms with Crippen LogP contribution in [0.3, 0.4) is 0 Å². The molecule has 0 aliphatic heterocycles. The van der Waals surface area contributed by atoms with Crippen LogP contribution >= 0.6 is 0 Å². The quantitative estimate of drug-likeness (QED) is 0.251. The number of hydrogen-bond donors (Lipinski definition) is 2. The van der Waals surface area contributed by atoms with Crippen molar-refractivity contribution in [2.24, 2.45) is 5.92 Å². The molecule has 0 saturated heterocycles. The predicted molar refractivity (Wildman–Crippen MR) is 116 cm³/mol. The van der Waals surface area contributed by atoms with Gasteiger partial charge in [0.05, 0.1) is 5.92 Å². The molecule has 0 aromatic rings. The highest BCUT2D eigenvalue weighted by atomic mass is 16.4. The minimum atomic E-state index is -0.596. The minimum Gasteiger partial charge on any atom is -0.481 e. The van der Waals surface area contributed by atoms with Crippen molar-refractivity contribution >= 4 is 5.97 Å². The summed E-state index contributed by atoms with van der Waals surface area (Å²) < 4.78 is 0. The van der Waals surface area contributed by atoms with E-state index in [0.29, 0.717) is 0 Å². The van der Waals surface area contributed by atoms with Crippen LogP contribution in [-0.2, 0) is 4.79 Å². The monoisotopic (exact) mass is 371 g/mol. The summed E-state index contributed by atoms with van der Waals surface area (Å²) in [5.74, 6) is -0.695. The number of carboxylic acids is 1. The van der Waals surface area contributed by atoms with Gasteiger partial charge in [0.15, 0.2) is 0 Å². The van der Waals surface area contributed by atoms with Crippen molar-refractivity contribution < 1.29 is 9.90 Å². The molecule has 26 heavy (non-hydrogen) atoms. The van der Waals surface area contributed by atoms with Crippen molar-refractivity contribution in [2.45, 2.75) is 123 Å². The molecule has 0 aliphatic rings. The van der Waals surface area contributed by atoms with E-state index < -0.39 is 5.97 Å². The lowest BCUT2D eigenvalue weighted by Gasteiger charge is -2.10. The fraction of sp³-hybridized carbons (Fsp3) is 0.957. The summed E-state index contributed by atoms with van der Waals surface area (Å²) in [6.07, 6.45) is 21.7. The van der Waals surface area contributed by atoms with E-state index in [-0.39, 0.29) is 5.92 Å². The number of aliphatic carboxylic acids is 1. The molecular formula is C23H49NO2. The van der Waals surface area contributed by atoms with Crippen LogP contribution < -0.4 is 5.32 Å². The molecule has 3 nitrogen and oxygen atoms in total. The highest BCUT2D eigenvalue weighted by molar-refractivity contribution is 5.69. The van der Waals surface area contributed by atoms with E-state index in [0.717, 1.165) is 25.7 Å². The van der Waals surface area contributed by atoms with Gasteiger partial charge in [-0.05, 0) is 26.9 Å². The highest BCUT2D eigenvalue weighted by Crippen LogP contribution is 2.17. The van der Waals surface area contributed by atoms with Crippen LogP contribution in [0.15, 0.2) is 0 Å². The molecule has 0 amide bonds. The number of rotatable bonds is 18. The van der Waals surface area contributed by atoms with Crippen molar-refractivity contribution in [1.82, 2.24) is 5.32 Å². The molecule has 0 radical (unpaired) electrons. The van der Waals surface area contributed by atoms with E-state index in [9.17, 15) is 4.79 Å². The maximum atomic E-state index is 11.1. The molecule has 0 spiro atoms. The summed E-state index contributed by atoms with van der Waals surface area (Å²) in [6, 6.07) is 0. The molecule has 0 bridgehead atoms. The van der Waals surface area contributed by atoms with Crippen LogP contribution in [0.1, 0.15) is 123 Å². The molecule has 0 rings (SSSR count). The van der Waals surface area contributed by atoms with Gasteiger partial charge in [0, 0.05) is 0 Å². The first kappa shape index (κ1) is 27.6. The second-order valence-electron chi connectivity index (χ2n) is 7.71. The van der Waals surface area contributed by atoms with Crippen molar-refractivity contribution in [3.63, 3.8) is 0 Å². The first-order chi connectivity index (χ1) is 12.6. The second kappa shape index (κ2) is 24.4. The first-order valence-electron chi connectivity index (χ1n) is 11.4. The largest absolute Gasteiger partial charge is 0.481 e. The Labute approximate surface area is 164 Å². The lowest BCUT2D eigenvalue weighted by molar-refractivity contribution is -0.142. The normalized spacial score (nSPS) is 11.7. The summed E-state index contributed by atoms with van der Waals surface area (Å²) >= 11 is 0. The zero-order valence-corrected chi connectivity index (χ0v) is 18.5. The Bertz CT molecular complexity index is 269. The average molecular weight is 372 g/mol. The molecule has 1 unspecified atom stereocenters. The third-order valence-corrected chi connectivity index (χ3v) is 4.89. The predicted octanol–water partition coefficient (Wildman–Crippen LogP) is 7.19. The highest BCUT2D eigenvalue weighted by Gasteiger charge is 2.15. The molecule has 1 atom stereocenters. The fourth-order valence-electron chi connectivity index (χ4n) is 3.33. The molecule has 0 saturated carbocycles. The van der Waals surface area contributed by atoms with Gasteiger partial charge in [-0.25, -0.2) is 0 Å². The van der Waals surface area contributed by atoms with Gasteiger partial charge in [-0.15, -0.1) is 0 Å². The fourth-order valence-corrected chi connectivity index (χ4v) is 3.33. The van der Waals surface area contributed by atoms with Crippen LogP contribution in [-0.4, -0.2) is 25.2 Å². The minimum absolute atomic E-state index is 0.0997. The molecule has 0 aliphatic carbocycles. The van der Waals surface area contributed by atoms with Gasteiger partial charge in [0.1, 0.15) is 0 Å². The van der Waals surface area contributed by atoms with Gasteiger partial charge < -0.3 is 10.4 Å². The van der Waals surface area contributed by atoms with Crippen molar-refractivity contribution in [1.29, 1.82) is 0 Å². The Morgan fingerprint density at radius 1 is 0.654 bits per heavy atom. The van der Waals surface area contributed by atoms with Crippen LogP contribution in [0.2, 0.25) is 0 Å².